The third kappa shape index (κ3) is 4.11. The molecule has 1 saturated heterocycles. The molecular weight excluding hydrogens is 320 g/mol. The molecule has 0 aromatic carbocycles. The number of nitrogens with one attached hydrogen (secondary N) is 1. The van der Waals surface area contributed by atoms with E-state index in [9.17, 15) is 14.4 Å². The normalized spacial score (nSPS) is 20.9. The molecule has 1 amide bonds. The molecule has 2 atom stereocenters. The Morgan fingerprint density at radius 1 is 1.24 bits per heavy atom. The van der Waals surface area contributed by atoms with Crippen LogP contribution < -0.4 is 0 Å². The summed E-state index contributed by atoms with van der Waals surface area (Å²) in [6, 6.07) is 0.183. The van der Waals surface area contributed by atoms with Gasteiger partial charge in [0.15, 0.2) is 5.78 Å². The van der Waals surface area contributed by atoms with Crippen LogP contribution in [0.2, 0.25) is 0 Å². The summed E-state index contributed by atoms with van der Waals surface area (Å²) < 4.78 is 4.84. The van der Waals surface area contributed by atoms with Gasteiger partial charge in [-0.25, -0.2) is 4.79 Å². The number of aromatic nitrogens is 1. The Morgan fingerprint density at radius 3 is 2.52 bits per heavy atom. The second kappa shape index (κ2) is 7.85. The van der Waals surface area contributed by atoms with Crippen LogP contribution in [0.3, 0.4) is 0 Å². The number of H-pyrrole nitrogens is 1. The summed E-state index contributed by atoms with van der Waals surface area (Å²) >= 11 is 0. The van der Waals surface area contributed by atoms with Crippen LogP contribution in [0.25, 0.3) is 0 Å². The van der Waals surface area contributed by atoms with E-state index in [1.807, 2.05) is 4.90 Å². The largest absolute Gasteiger partial charge is 0.465 e. The number of hydrogen-bond acceptors (Lipinski definition) is 4. The summed E-state index contributed by atoms with van der Waals surface area (Å²) in [5.41, 5.74) is 1.67. The Balaban J connectivity index is 2.32. The molecule has 138 valence electrons. The Hall–Kier alpha value is -2.11. The van der Waals surface area contributed by atoms with Crippen molar-refractivity contribution in [2.45, 2.75) is 59.4 Å². The molecule has 0 spiro atoms. The fourth-order valence-corrected chi connectivity index (χ4v) is 3.65. The predicted molar refractivity (Wildman–Crippen MR) is 94.8 cm³/mol. The van der Waals surface area contributed by atoms with Gasteiger partial charge in [-0.1, -0.05) is 13.3 Å². The number of amides is 1. The maximum Gasteiger partial charge on any atom is 0.339 e. The number of ketones is 1. The lowest BCUT2D eigenvalue weighted by Crippen LogP contribution is -2.41. The first-order valence-electron chi connectivity index (χ1n) is 8.86. The number of carbonyl (C=O) groups is 3. The number of carbonyl (C=O) groups excluding carboxylic acids is 3. The molecule has 1 aromatic heterocycles. The van der Waals surface area contributed by atoms with Gasteiger partial charge in [-0.3, -0.25) is 9.59 Å². The van der Waals surface area contributed by atoms with Crippen LogP contribution >= 0.6 is 0 Å². The Morgan fingerprint density at radius 2 is 1.92 bits per heavy atom. The molecular formula is C19H28N2O4. The number of esters is 1. The molecule has 0 aliphatic carbocycles. The Kier molecular flexibility index (Phi) is 6.03. The minimum atomic E-state index is -0.527. The SMILES string of the molecule is COC(=O)c1c(CC(=O)N2CC(C)CCCC2C)[nH]c(C(C)=O)c1C. The summed E-state index contributed by atoms with van der Waals surface area (Å²) in [5.74, 6) is -0.255. The van der Waals surface area contributed by atoms with Gasteiger partial charge in [0, 0.05) is 25.2 Å². The molecule has 1 aromatic rings. The Bertz CT molecular complexity index is 677. The first kappa shape index (κ1) is 19.2. The summed E-state index contributed by atoms with van der Waals surface area (Å²) in [6.45, 7) is 8.09. The van der Waals surface area contributed by atoms with Gasteiger partial charge in [0.1, 0.15) is 0 Å². The number of aromatic amines is 1. The van der Waals surface area contributed by atoms with Crippen molar-refractivity contribution in [2.24, 2.45) is 5.92 Å². The van der Waals surface area contributed by atoms with Gasteiger partial charge in [0.2, 0.25) is 5.91 Å². The van der Waals surface area contributed by atoms with Gasteiger partial charge in [0.05, 0.1) is 24.8 Å². The number of ether oxygens (including phenoxy) is 1. The molecule has 0 radical (unpaired) electrons. The fraction of sp³-hybridized carbons (Fsp3) is 0.632. The van der Waals surface area contributed by atoms with Crippen LogP contribution in [0.4, 0.5) is 0 Å². The van der Waals surface area contributed by atoms with E-state index in [1.165, 1.54) is 14.0 Å². The predicted octanol–water partition coefficient (Wildman–Crippen LogP) is 2.89. The van der Waals surface area contributed by atoms with Crippen molar-refractivity contribution in [1.29, 1.82) is 0 Å². The van der Waals surface area contributed by atoms with Crippen molar-refractivity contribution in [2.75, 3.05) is 13.7 Å². The lowest BCUT2D eigenvalue weighted by molar-refractivity contribution is -0.132. The van der Waals surface area contributed by atoms with Crippen LogP contribution in [0, 0.1) is 12.8 Å². The highest BCUT2D eigenvalue weighted by molar-refractivity contribution is 6.01. The maximum atomic E-state index is 12.9. The van der Waals surface area contributed by atoms with E-state index >= 15 is 0 Å². The topological polar surface area (TPSA) is 79.5 Å². The molecule has 0 saturated carbocycles. The fourth-order valence-electron chi connectivity index (χ4n) is 3.65. The van der Waals surface area contributed by atoms with Gasteiger partial charge < -0.3 is 14.6 Å². The minimum absolute atomic E-state index is 0.0252. The van der Waals surface area contributed by atoms with E-state index in [0.717, 1.165) is 25.8 Å². The smallest absolute Gasteiger partial charge is 0.339 e. The molecule has 1 aliphatic rings. The molecule has 1 fully saturated rings. The number of nitrogens with zero attached hydrogens (tertiary/aromatic N) is 1. The second-order valence-electron chi connectivity index (χ2n) is 7.13. The van der Waals surface area contributed by atoms with Crippen LogP contribution in [-0.4, -0.2) is 47.2 Å². The van der Waals surface area contributed by atoms with Crippen molar-refractivity contribution >= 4 is 17.7 Å². The number of likely N-dealkylation sites (tertiary alicyclic amines) is 1. The number of Topliss-reactive ketones (excluding diaryl/α,β-unsaturated/α-hetero) is 1. The van der Waals surface area contributed by atoms with Crippen molar-refractivity contribution in [3.63, 3.8) is 0 Å². The zero-order valence-electron chi connectivity index (χ0n) is 15.8. The van der Waals surface area contributed by atoms with Crippen LogP contribution in [0.1, 0.15) is 72.1 Å². The van der Waals surface area contributed by atoms with Crippen LogP contribution in [0.5, 0.6) is 0 Å². The highest BCUT2D eigenvalue weighted by Crippen LogP contribution is 2.24. The highest BCUT2D eigenvalue weighted by atomic mass is 16.5. The monoisotopic (exact) mass is 348 g/mol. The summed E-state index contributed by atoms with van der Waals surface area (Å²) in [6.07, 6.45) is 3.30. The standard InChI is InChI=1S/C19H28N2O4/c1-11-7-6-8-12(2)21(10-11)16(23)9-15-17(19(24)25-5)13(3)18(20-15)14(4)22/h11-12,20H,6-10H2,1-5H3. The average molecular weight is 348 g/mol. The van der Waals surface area contributed by atoms with Gasteiger partial charge in [-0.05, 0) is 38.2 Å². The van der Waals surface area contributed by atoms with Gasteiger partial charge in [0.25, 0.3) is 0 Å². The maximum absolute atomic E-state index is 12.9. The number of rotatable bonds is 4. The van der Waals surface area contributed by atoms with Crippen molar-refractivity contribution in [3.8, 4) is 0 Å². The molecule has 2 unspecified atom stereocenters. The number of methoxy groups -OCH3 is 1. The molecule has 1 aliphatic heterocycles. The Labute approximate surface area is 148 Å². The molecule has 2 rings (SSSR count). The summed E-state index contributed by atoms with van der Waals surface area (Å²) in [4.78, 5) is 41.7. The molecule has 6 nitrogen and oxygen atoms in total. The van der Waals surface area contributed by atoms with Gasteiger partial charge in [-0.15, -0.1) is 0 Å². The van der Waals surface area contributed by atoms with Crippen LogP contribution in [-0.2, 0) is 16.0 Å². The van der Waals surface area contributed by atoms with Gasteiger partial charge in [-0.2, -0.15) is 0 Å². The lowest BCUT2D eigenvalue weighted by Gasteiger charge is -2.28. The van der Waals surface area contributed by atoms with Crippen molar-refractivity contribution < 1.29 is 19.1 Å². The average Bonchev–Trinajstić information content (AvgIpc) is 2.77. The quantitative estimate of drug-likeness (QED) is 0.670. The van der Waals surface area contributed by atoms with Crippen molar-refractivity contribution in [1.82, 2.24) is 9.88 Å². The second-order valence-corrected chi connectivity index (χ2v) is 7.13. The van der Waals surface area contributed by atoms with E-state index in [0.29, 0.717) is 28.4 Å². The zero-order chi connectivity index (χ0) is 18.7. The third-order valence-corrected chi connectivity index (χ3v) is 5.08. The van der Waals surface area contributed by atoms with E-state index < -0.39 is 5.97 Å². The van der Waals surface area contributed by atoms with Crippen LogP contribution in [0.15, 0.2) is 0 Å². The van der Waals surface area contributed by atoms with Gasteiger partial charge >= 0.3 is 5.97 Å². The first-order valence-corrected chi connectivity index (χ1v) is 8.86. The molecule has 1 N–H and O–H groups in total. The first-order chi connectivity index (χ1) is 11.8. The zero-order valence-corrected chi connectivity index (χ0v) is 15.8. The van der Waals surface area contributed by atoms with E-state index in [4.69, 9.17) is 4.74 Å². The lowest BCUT2D eigenvalue weighted by atomic mass is 10.1. The molecule has 0 bridgehead atoms. The van der Waals surface area contributed by atoms with E-state index in [-0.39, 0.29) is 24.2 Å². The molecule has 25 heavy (non-hydrogen) atoms. The number of hydrogen-bond donors (Lipinski definition) is 1. The highest BCUT2D eigenvalue weighted by Gasteiger charge is 2.29. The molecule has 2 heterocycles. The summed E-state index contributed by atoms with van der Waals surface area (Å²) in [5, 5.41) is 0. The summed E-state index contributed by atoms with van der Waals surface area (Å²) in [7, 11) is 1.30. The van der Waals surface area contributed by atoms with E-state index in [1.54, 1.807) is 6.92 Å². The minimum Gasteiger partial charge on any atom is -0.465 e. The third-order valence-electron chi connectivity index (χ3n) is 5.08. The van der Waals surface area contributed by atoms with Crippen molar-refractivity contribution in [3.05, 3.63) is 22.5 Å². The molecule has 6 heteroatoms. The van der Waals surface area contributed by atoms with E-state index in [2.05, 4.69) is 18.8 Å².